The molecule has 4 atom stereocenters. The van der Waals surface area contributed by atoms with E-state index in [9.17, 15) is 14.4 Å². The number of carbonyl (C=O) groups excluding carboxylic acids is 3. The van der Waals surface area contributed by atoms with Crippen molar-refractivity contribution in [1.29, 1.82) is 0 Å². The first-order chi connectivity index (χ1) is 18.0. The first kappa shape index (κ1) is 22.0. The van der Waals surface area contributed by atoms with E-state index in [-0.39, 0.29) is 5.91 Å². The van der Waals surface area contributed by atoms with Gasteiger partial charge >= 0.3 is 5.97 Å². The number of esters is 1. The first-order valence-corrected chi connectivity index (χ1v) is 12.5. The standard InChI is InChI=1S/C31H20ClNO4/c32-23-12-6-7-13-24(23)33-29(34)25-21(17-8-2-1-3-9-17)16-22-20-15-14-18-10-4-5-11-19(18)28(20)37-31(36)26(22)27(25)30(33)35/h1-16,21,25-27H/t21-,25+,26-,27-/m1/s1. The van der Waals surface area contributed by atoms with Crippen molar-refractivity contribution in [2.45, 2.75) is 5.92 Å². The van der Waals surface area contributed by atoms with Crippen LogP contribution in [0.3, 0.4) is 0 Å². The van der Waals surface area contributed by atoms with Crippen molar-refractivity contribution < 1.29 is 19.1 Å². The summed E-state index contributed by atoms with van der Waals surface area (Å²) in [6, 6.07) is 28.1. The molecule has 0 radical (unpaired) electrons. The van der Waals surface area contributed by atoms with Crippen molar-refractivity contribution >= 4 is 51.4 Å². The molecule has 4 aromatic carbocycles. The summed E-state index contributed by atoms with van der Waals surface area (Å²) in [7, 11) is 0. The molecular weight excluding hydrogens is 486 g/mol. The zero-order valence-corrected chi connectivity index (χ0v) is 20.3. The fourth-order valence-corrected chi connectivity index (χ4v) is 6.38. The van der Waals surface area contributed by atoms with E-state index >= 15 is 0 Å². The van der Waals surface area contributed by atoms with Gasteiger partial charge < -0.3 is 4.74 Å². The third-order valence-electron chi connectivity index (χ3n) is 7.76. The molecule has 2 heterocycles. The molecule has 1 fully saturated rings. The Bertz CT molecular complexity index is 1660. The van der Waals surface area contributed by atoms with E-state index in [1.807, 2.05) is 72.8 Å². The summed E-state index contributed by atoms with van der Waals surface area (Å²) >= 11 is 6.42. The molecule has 0 unspecified atom stereocenters. The van der Waals surface area contributed by atoms with Crippen LogP contribution in [0.5, 0.6) is 5.75 Å². The number of halogens is 1. The molecule has 1 saturated heterocycles. The number of fused-ring (bicyclic) bond motifs is 7. The molecule has 0 bridgehead atoms. The maximum absolute atomic E-state index is 14.0. The van der Waals surface area contributed by atoms with Gasteiger partial charge in [0.2, 0.25) is 11.8 Å². The number of imide groups is 1. The lowest BCUT2D eigenvalue weighted by Crippen LogP contribution is -2.42. The molecule has 7 rings (SSSR count). The van der Waals surface area contributed by atoms with Crippen molar-refractivity contribution in [3.05, 3.63) is 113 Å². The molecule has 5 nitrogen and oxygen atoms in total. The van der Waals surface area contributed by atoms with Crippen LogP contribution in [0.2, 0.25) is 5.02 Å². The van der Waals surface area contributed by atoms with Gasteiger partial charge in [0.1, 0.15) is 5.75 Å². The number of benzene rings is 4. The Balaban J connectivity index is 1.46. The number of hydrogen-bond acceptors (Lipinski definition) is 4. The monoisotopic (exact) mass is 505 g/mol. The quantitative estimate of drug-likeness (QED) is 0.190. The molecule has 0 N–H and O–H groups in total. The maximum atomic E-state index is 14.0. The summed E-state index contributed by atoms with van der Waals surface area (Å²) < 4.78 is 5.92. The van der Waals surface area contributed by atoms with E-state index in [1.165, 1.54) is 0 Å². The molecule has 37 heavy (non-hydrogen) atoms. The van der Waals surface area contributed by atoms with Crippen LogP contribution in [0.1, 0.15) is 17.0 Å². The van der Waals surface area contributed by atoms with Crippen LogP contribution in [0.4, 0.5) is 5.69 Å². The van der Waals surface area contributed by atoms with Crippen LogP contribution < -0.4 is 9.64 Å². The van der Waals surface area contributed by atoms with Crippen LogP contribution in [-0.4, -0.2) is 17.8 Å². The molecule has 2 aliphatic heterocycles. The molecule has 1 aliphatic carbocycles. The highest BCUT2D eigenvalue weighted by molar-refractivity contribution is 6.36. The van der Waals surface area contributed by atoms with Crippen molar-refractivity contribution in [2.24, 2.45) is 17.8 Å². The normalized spacial score (nSPS) is 24.3. The number of amides is 2. The van der Waals surface area contributed by atoms with Crippen LogP contribution in [-0.2, 0) is 14.4 Å². The molecule has 6 heteroatoms. The van der Waals surface area contributed by atoms with Gasteiger partial charge in [0, 0.05) is 16.9 Å². The van der Waals surface area contributed by atoms with E-state index in [2.05, 4.69) is 0 Å². The molecule has 0 aromatic heterocycles. The summed E-state index contributed by atoms with van der Waals surface area (Å²) in [5.74, 6) is -3.75. The third kappa shape index (κ3) is 3.14. The van der Waals surface area contributed by atoms with Crippen molar-refractivity contribution in [3.63, 3.8) is 0 Å². The van der Waals surface area contributed by atoms with Crippen molar-refractivity contribution in [1.82, 2.24) is 0 Å². The van der Waals surface area contributed by atoms with Crippen molar-refractivity contribution in [3.8, 4) is 5.75 Å². The summed E-state index contributed by atoms with van der Waals surface area (Å²) in [5, 5.41) is 2.09. The van der Waals surface area contributed by atoms with Crippen LogP contribution in [0.15, 0.2) is 97.1 Å². The lowest BCUT2D eigenvalue weighted by Gasteiger charge is -2.38. The number of nitrogens with zero attached hydrogens (tertiary/aromatic N) is 1. The second kappa shape index (κ2) is 8.15. The van der Waals surface area contributed by atoms with Gasteiger partial charge in [-0.1, -0.05) is 96.5 Å². The number of anilines is 1. The minimum Gasteiger partial charge on any atom is -0.425 e. The van der Waals surface area contributed by atoms with Crippen LogP contribution >= 0.6 is 11.6 Å². The largest absolute Gasteiger partial charge is 0.425 e. The molecule has 2 amide bonds. The molecular formula is C31H20ClNO4. The highest BCUT2D eigenvalue weighted by Crippen LogP contribution is 2.55. The maximum Gasteiger partial charge on any atom is 0.319 e. The predicted molar refractivity (Wildman–Crippen MR) is 141 cm³/mol. The molecule has 4 aromatic rings. The Labute approximate surface area is 217 Å². The summed E-state index contributed by atoms with van der Waals surface area (Å²) in [4.78, 5) is 42.7. The zero-order chi connectivity index (χ0) is 25.3. The lowest BCUT2D eigenvalue weighted by molar-refractivity contribution is -0.142. The highest BCUT2D eigenvalue weighted by Gasteiger charge is 2.60. The Kier molecular flexibility index (Phi) is 4.85. The highest BCUT2D eigenvalue weighted by atomic mass is 35.5. The second-order valence-electron chi connectivity index (χ2n) is 9.64. The Morgan fingerprint density at radius 1 is 0.730 bits per heavy atom. The first-order valence-electron chi connectivity index (χ1n) is 12.2. The number of hydrogen-bond donors (Lipinski definition) is 0. The molecule has 180 valence electrons. The van der Waals surface area contributed by atoms with Gasteiger partial charge in [0.25, 0.3) is 0 Å². The van der Waals surface area contributed by atoms with Gasteiger partial charge in [0.15, 0.2) is 0 Å². The topological polar surface area (TPSA) is 63.7 Å². The van der Waals surface area contributed by atoms with Gasteiger partial charge in [-0.25, -0.2) is 4.90 Å². The molecule has 3 aliphatic rings. The summed E-state index contributed by atoms with van der Waals surface area (Å²) in [5.41, 5.74) is 2.75. The van der Waals surface area contributed by atoms with Gasteiger partial charge in [0.05, 0.1) is 28.5 Å². The number of ether oxygens (including phenoxy) is 1. The minimum atomic E-state index is -0.902. The SMILES string of the molecule is O=C1Oc2c(ccc3ccccc23)C2=C[C@H](c3ccccc3)[C@@H]3C(=O)N(c4ccccc4Cl)C(=O)[C@H]3[C@H]12. The number of para-hydroxylation sites is 1. The van der Waals surface area contributed by atoms with Gasteiger partial charge in [-0.15, -0.1) is 0 Å². The van der Waals surface area contributed by atoms with E-state index in [0.29, 0.717) is 16.5 Å². The second-order valence-corrected chi connectivity index (χ2v) is 10.0. The lowest BCUT2D eigenvalue weighted by atomic mass is 9.64. The van der Waals surface area contributed by atoms with E-state index < -0.39 is 35.5 Å². The number of carbonyl (C=O) groups is 3. The average Bonchev–Trinajstić information content (AvgIpc) is 3.19. The molecule has 0 saturated carbocycles. The smallest absolute Gasteiger partial charge is 0.319 e. The Hall–Kier alpha value is -4.22. The van der Waals surface area contributed by atoms with Crippen molar-refractivity contribution in [2.75, 3.05) is 4.90 Å². The minimum absolute atomic E-state index is 0.301. The van der Waals surface area contributed by atoms with E-state index in [1.54, 1.807) is 24.3 Å². The number of allylic oxidation sites excluding steroid dienone is 1. The van der Waals surface area contributed by atoms with E-state index in [0.717, 1.165) is 32.4 Å². The Morgan fingerprint density at radius 3 is 2.24 bits per heavy atom. The Morgan fingerprint density at radius 2 is 1.43 bits per heavy atom. The van der Waals surface area contributed by atoms with Crippen LogP contribution in [0, 0.1) is 17.8 Å². The van der Waals surface area contributed by atoms with Gasteiger partial charge in [-0.2, -0.15) is 0 Å². The third-order valence-corrected chi connectivity index (χ3v) is 8.08. The average molecular weight is 506 g/mol. The summed E-state index contributed by atoms with van der Waals surface area (Å²) in [6.45, 7) is 0. The molecule has 0 spiro atoms. The van der Waals surface area contributed by atoms with E-state index in [4.69, 9.17) is 16.3 Å². The van der Waals surface area contributed by atoms with Gasteiger partial charge in [-0.3, -0.25) is 14.4 Å². The zero-order valence-electron chi connectivity index (χ0n) is 19.5. The predicted octanol–water partition coefficient (Wildman–Crippen LogP) is 6.02. The van der Waals surface area contributed by atoms with Crippen LogP contribution in [0.25, 0.3) is 16.3 Å². The number of rotatable bonds is 2. The fourth-order valence-electron chi connectivity index (χ4n) is 6.16. The summed E-state index contributed by atoms with van der Waals surface area (Å²) in [6.07, 6.45) is 2.00. The van der Waals surface area contributed by atoms with Gasteiger partial charge in [-0.05, 0) is 28.7 Å². The fraction of sp³-hybridized carbons (Fsp3) is 0.129.